The summed E-state index contributed by atoms with van der Waals surface area (Å²) in [4.78, 5) is 19.1. The van der Waals surface area contributed by atoms with E-state index >= 15 is 0 Å². The lowest BCUT2D eigenvalue weighted by Gasteiger charge is -2.19. The van der Waals surface area contributed by atoms with Crippen molar-refractivity contribution in [1.29, 1.82) is 0 Å². The standard InChI is InChI=1S/C16H21N3OS2/c1-16(2,3)22-14-7-5-12(6-8-14)18-15(20)19(4)9-13-10-21-11-17-13/h5-8,10-11H,9H2,1-4H3,(H,18,20). The predicted octanol–water partition coefficient (Wildman–Crippen LogP) is 4.70. The zero-order chi connectivity index (χ0) is 16.2. The van der Waals surface area contributed by atoms with Crippen molar-refractivity contribution in [1.82, 2.24) is 9.88 Å². The molecule has 1 aromatic carbocycles. The Morgan fingerprint density at radius 1 is 1.32 bits per heavy atom. The van der Waals surface area contributed by atoms with Crippen molar-refractivity contribution in [2.24, 2.45) is 0 Å². The second kappa shape index (κ2) is 7.15. The lowest BCUT2D eigenvalue weighted by Crippen LogP contribution is -2.30. The smallest absolute Gasteiger partial charge is 0.321 e. The quantitative estimate of drug-likeness (QED) is 0.824. The van der Waals surface area contributed by atoms with Crippen LogP contribution in [0.25, 0.3) is 0 Å². The number of hydrogen-bond donors (Lipinski definition) is 1. The van der Waals surface area contributed by atoms with Gasteiger partial charge < -0.3 is 10.2 Å². The summed E-state index contributed by atoms with van der Waals surface area (Å²) < 4.78 is 0.179. The first-order valence-electron chi connectivity index (χ1n) is 7.02. The van der Waals surface area contributed by atoms with E-state index in [-0.39, 0.29) is 10.8 Å². The van der Waals surface area contributed by atoms with Gasteiger partial charge in [0.05, 0.1) is 17.7 Å². The van der Waals surface area contributed by atoms with Gasteiger partial charge in [0.15, 0.2) is 0 Å². The van der Waals surface area contributed by atoms with Gasteiger partial charge in [-0.3, -0.25) is 0 Å². The highest BCUT2D eigenvalue weighted by Gasteiger charge is 2.13. The van der Waals surface area contributed by atoms with Crippen LogP contribution in [0.5, 0.6) is 0 Å². The van der Waals surface area contributed by atoms with Crippen LogP contribution in [0.2, 0.25) is 0 Å². The summed E-state index contributed by atoms with van der Waals surface area (Å²) in [6.07, 6.45) is 0. The normalized spacial score (nSPS) is 11.3. The van der Waals surface area contributed by atoms with Crippen LogP contribution < -0.4 is 5.32 Å². The molecule has 0 saturated heterocycles. The van der Waals surface area contributed by atoms with E-state index in [1.54, 1.807) is 17.5 Å². The van der Waals surface area contributed by atoms with E-state index in [4.69, 9.17) is 0 Å². The van der Waals surface area contributed by atoms with Crippen molar-refractivity contribution in [3.8, 4) is 0 Å². The molecule has 0 saturated carbocycles. The summed E-state index contributed by atoms with van der Waals surface area (Å²) in [5.41, 5.74) is 3.47. The molecule has 22 heavy (non-hydrogen) atoms. The third-order valence-electron chi connectivity index (χ3n) is 2.76. The molecule has 1 aromatic heterocycles. The number of benzene rings is 1. The number of hydrogen-bond acceptors (Lipinski definition) is 4. The van der Waals surface area contributed by atoms with Crippen molar-refractivity contribution < 1.29 is 4.79 Å². The number of nitrogens with one attached hydrogen (secondary N) is 1. The number of aromatic nitrogens is 1. The fraction of sp³-hybridized carbons (Fsp3) is 0.375. The van der Waals surface area contributed by atoms with E-state index in [0.29, 0.717) is 6.54 Å². The Bertz CT molecular complexity index is 603. The van der Waals surface area contributed by atoms with E-state index in [1.807, 2.05) is 41.4 Å². The Hall–Kier alpha value is -1.53. The van der Waals surface area contributed by atoms with E-state index in [9.17, 15) is 4.79 Å². The molecule has 2 aromatic rings. The fourth-order valence-corrected chi connectivity index (χ4v) is 3.34. The number of urea groups is 1. The molecule has 1 heterocycles. The van der Waals surface area contributed by atoms with Crippen LogP contribution in [0, 0.1) is 0 Å². The van der Waals surface area contributed by atoms with Gasteiger partial charge in [0, 0.05) is 27.8 Å². The number of carbonyl (C=O) groups is 1. The van der Waals surface area contributed by atoms with Gasteiger partial charge in [-0.15, -0.1) is 23.1 Å². The van der Waals surface area contributed by atoms with E-state index in [2.05, 4.69) is 31.1 Å². The van der Waals surface area contributed by atoms with E-state index < -0.39 is 0 Å². The number of rotatable bonds is 4. The minimum atomic E-state index is -0.135. The van der Waals surface area contributed by atoms with Gasteiger partial charge in [0.2, 0.25) is 0 Å². The minimum Gasteiger partial charge on any atom is -0.322 e. The average Bonchev–Trinajstić information content (AvgIpc) is 2.92. The van der Waals surface area contributed by atoms with Gasteiger partial charge in [0.1, 0.15) is 0 Å². The molecular weight excluding hydrogens is 314 g/mol. The SMILES string of the molecule is CN(Cc1cscn1)C(=O)Nc1ccc(SC(C)(C)C)cc1. The molecule has 118 valence electrons. The maximum Gasteiger partial charge on any atom is 0.321 e. The maximum atomic E-state index is 12.1. The summed E-state index contributed by atoms with van der Waals surface area (Å²) in [6.45, 7) is 7.05. The Morgan fingerprint density at radius 2 is 2.00 bits per heavy atom. The molecule has 2 rings (SSSR count). The maximum absolute atomic E-state index is 12.1. The Labute approximate surface area is 139 Å². The van der Waals surface area contributed by atoms with Crippen LogP contribution in [0.4, 0.5) is 10.5 Å². The molecule has 4 nitrogen and oxygen atoms in total. The Kier molecular flexibility index (Phi) is 5.47. The Balaban J connectivity index is 1.91. The number of thioether (sulfide) groups is 1. The predicted molar refractivity (Wildman–Crippen MR) is 94.7 cm³/mol. The number of anilines is 1. The number of carbonyl (C=O) groups excluding carboxylic acids is 1. The highest BCUT2D eigenvalue weighted by Crippen LogP contribution is 2.32. The van der Waals surface area contributed by atoms with Crippen LogP contribution in [0.15, 0.2) is 40.1 Å². The molecule has 2 amide bonds. The highest BCUT2D eigenvalue weighted by atomic mass is 32.2. The third-order valence-corrected chi connectivity index (χ3v) is 4.51. The highest BCUT2D eigenvalue weighted by molar-refractivity contribution is 8.00. The summed E-state index contributed by atoms with van der Waals surface area (Å²) in [5, 5.41) is 4.84. The van der Waals surface area contributed by atoms with Crippen LogP contribution in [0.3, 0.4) is 0 Å². The van der Waals surface area contributed by atoms with E-state index in [0.717, 1.165) is 11.4 Å². The van der Waals surface area contributed by atoms with Gasteiger partial charge in [-0.2, -0.15) is 0 Å². The monoisotopic (exact) mass is 335 g/mol. The summed E-state index contributed by atoms with van der Waals surface area (Å²) in [6, 6.07) is 7.80. The van der Waals surface area contributed by atoms with Crippen LogP contribution >= 0.6 is 23.1 Å². The average molecular weight is 335 g/mol. The van der Waals surface area contributed by atoms with Crippen molar-refractivity contribution in [3.63, 3.8) is 0 Å². The van der Waals surface area contributed by atoms with Gasteiger partial charge in [-0.05, 0) is 24.3 Å². The van der Waals surface area contributed by atoms with Crippen molar-refractivity contribution in [3.05, 3.63) is 40.8 Å². The molecule has 1 N–H and O–H groups in total. The minimum absolute atomic E-state index is 0.135. The van der Waals surface area contributed by atoms with Gasteiger partial charge in [-0.1, -0.05) is 20.8 Å². The molecule has 6 heteroatoms. The molecule has 0 bridgehead atoms. The summed E-state index contributed by atoms with van der Waals surface area (Å²) in [5.74, 6) is 0. The van der Waals surface area contributed by atoms with Gasteiger partial charge in [0.25, 0.3) is 0 Å². The molecule has 0 atom stereocenters. The van der Waals surface area contributed by atoms with Crippen LogP contribution in [0.1, 0.15) is 26.5 Å². The first kappa shape index (κ1) is 16.8. The summed E-state index contributed by atoms with van der Waals surface area (Å²) >= 11 is 3.34. The topological polar surface area (TPSA) is 45.2 Å². The van der Waals surface area contributed by atoms with Crippen LogP contribution in [-0.4, -0.2) is 27.7 Å². The zero-order valence-electron chi connectivity index (χ0n) is 13.3. The number of thiazole rings is 1. The third kappa shape index (κ3) is 5.35. The molecule has 0 spiro atoms. The van der Waals surface area contributed by atoms with Gasteiger partial charge >= 0.3 is 6.03 Å². The lowest BCUT2D eigenvalue weighted by molar-refractivity contribution is 0.220. The molecule has 0 fully saturated rings. The number of amides is 2. The number of nitrogens with zero attached hydrogens (tertiary/aromatic N) is 2. The zero-order valence-corrected chi connectivity index (χ0v) is 14.9. The first-order chi connectivity index (χ1) is 10.3. The van der Waals surface area contributed by atoms with Crippen molar-refractivity contribution in [2.75, 3.05) is 12.4 Å². The largest absolute Gasteiger partial charge is 0.322 e. The molecular formula is C16H21N3OS2. The second-order valence-corrected chi connectivity index (χ2v) is 8.62. The Morgan fingerprint density at radius 3 is 2.55 bits per heavy atom. The molecule has 0 aliphatic rings. The van der Waals surface area contributed by atoms with E-state index in [1.165, 1.54) is 16.2 Å². The molecule has 0 unspecified atom stereocenters. The van der Waals surface area contributed by atoms with Crippen molar-refractivity contribution >= 4 is 34.8 Å². The lowest BCUT2D eigenvalue weighted by atomic mass is 10.3. The van der Waals surface area contributed by atoms with Gasteiger partial charge in [-0.25, -0.2) is 9.78 Å². The van der Waals surface area contributed by atoms with Crippen molar-refractivity contribution in [2.45, 2.75) is 37.0 Å². The molecule has 0 aliphatic carbocycles. The first-order valence-corrected chi connectivity index (χ1v) is 8.78. The fourth-order valence-electron chi connectivity index (χ4n) is 1.81. The van der Waals surface area contributed by atoms with Crippen LogP contribution in [-0.2, 0) is 6.54 Å². The summed E-state index contributed by atoms with van der Waals surface area (Å²) in [7, 11) is 1.76. The second-order valence-electron chi connectivity index (χ2n) is 6.00. The molecule has 0 aliphatic heterocycles. The molecule has 0 radical (unpaired) electrons.